The topological polar surface area (TPSA) is 49.9 Å². The second kappa shape index (κ2) is 12.7. The van der Waals surface area contributed by atoms with Crippen LogP contribution < -0.4 is 7.97 Å². The van der Waals surface area contributed by atoms with E-state index in [0.717, 1.165) is 35.4 Å². The van der Waals surface area contributed by atoms with E-state index in [9.17, 15) is 8.42 Å². The number of fused-ring (bicyclic) bond motifs is 1. The molecule has 38 heavy (non-hydrogen) atoms. The zero-order valence-corrected chi connectivity index (χ0v) is 26.4. The number of hydrogen-bond acceptors (Lipinski definition) is 5. The molecule has 0 aliphatic carbocycles. The van der Waals surface area contributed by atoms with Crippen molar-refractivity contribution >= 4 is 63.0 Å². The number of benzene rings is 3. The first-order valence-corrected chi connectivity index (χ1v) is 16.8. The Balaban J connectivity index is 2.00. The summed E-state index contributed by atoms with van der Waals surface area (Å²) >= 11 is 3.41. The fraction of sp³-hybridized carbons (Fsp3) is 0.379. The van der Waals surface area contributed by atoms with Gasteiger partial charge in [-0.25, -0.2) is 12.6 Å². The van der Waals surface area contributed by atoms with Gasteiger partial charge in [-0.05, 0) is 43.6 Å². The Morgan fingerprint density at radius 1 is 1.05 bits per heavy atom. The summed E-state index contributed by atoms with van der Waals surface area (Å²) < 4.78 is 37.3. The molecule has 1 aliphatic rings. The molecule has 1 unspecified atom stereocenters. The summed E-state index contributed by atoms with van der Waals surface area (Å²) in [6.07, 6.45) is 6.10. The van der Waals surface area contributed by atoms with Crippen molar-refractivity contribution in [1.82, 2.24) is 4.22 Å². The molecule has 4 rings (SSSR count). The summed E-state index contributed by atoms with van der Waals surface area (Å²) in [6, 6.07) is 24.1. The van der Waals surface area contributed by atoms with Crippen LogP contribution in [0.2, 0.25) is 6.82 Å². The minimum atomic E-state index is -3.89. The van der Waals surface area contributed by atoms with E-state index in [4.69, 9.17) is 3.07 Å². The third-order valence-corrected chi connectivity index (χ3v) is 11.0. The predicted molar refractivity (Wildman–Crippen MR) is 170 cm³/mol. The van der Waals surface area contributed by atoms with E-state index in [2.05, 4.69) is 49.8 Å². The number of nitrogens with zero attached hydrogens (tertiary/aromatic N) is 2. The van der Waals surface area contributed by atoms with Crippen LogP contribution in [0.25, 0.3) is 0 Å². The maximum absolute atomic E-state index is 14.9. The Morgan fingerprint density at radius 3 is 2.29 bits per heavy atom. The number of rotatable bonds is 10. The first-order valence-electron chi connectivity index (χ1n) is 13.2. The standard InChI is InChI=1S/C29H36BIN2O3S2/c1-5-7-18-29(6-2)22-32(24-16-12-9-13-17-24)25-19-27(37-4)26(36-31)20-28(25)38(34,35)33(29)30(3)21-23-14-10-8-11-15-23/h8-17,19-20H,5-7,18,21-22H2,1-4H3. The quantitative estimate of drug-likeness (QED) is 0.125. The van der Waals surface area contributed by atoms with E-state index < -0.39 is 15.6 Å². The van der Waals surface area contributed by atoms with Crippen molar-refractivity contribution < 1.29 is 11.5 Å². The molecule has 3 aromatic rings. The first-order chi connectivity index (χ1) is 18.3. The second-order valence-electron chi connectivity index (χ2n) is 9.99. The predicted octanol–water partition coefficient (Wildman–Crippen LogP) is 8.02. The zero-order chi connectivity index (χ0) is 27.3. The minimum Gasteiger partial charge on any atom is -0.426 e. The third kappa shape index (κ3) is 5.76. The molecule has 0 spiro atoms. The highest BCUT2D eigenvalue weighted by molar-refractivity contribution is 14.1. The van der Waals surface area contributed by atoms with Gasteiger partial charge < -0.3 is 7.97 Å². The number of thioether (sulfide) groups is 1. The molecular weight excluding hydrogens is 626 g/mol. The molecule has 3 aromatic carbocycles. The molecule has 0 saturated heterocycles. The summed E-state index contributed by atoms with van der Waals surface area (Å²) in [4.78, 5) is 3.44. The Morgan fingerprint density at radius 2 is 1.71 bits per heavy atom. The van der Waals surface area contributed by atoms with Gasteiger partial charge in [-0.15, -0.1) is 11.8 Å². The van der Waals surface area contributed by atoms with Gasteiger partial charge in [0.05, 0.1) is 10.6 Å². The van der Waals surface area contributed by atoms with E-state index in [1.165, 1.54) is 0 Å². The summed E-state index contributed by atoms with van der Waals surface area (Å²) in [5.74, 6) is 0.571. The van der Waals surface area contributed by atoms with Crippen molar-refractivity contribution in [2.24, 2.45) is 0 Å². The molecule has 0 saturated carbocycles. The van der Waals surface area contributed by atoms with E-state index in [1.807, 2.05) is 75.9 Å². The zero-order valence-electron chi connectivity index (χ0n) is 22.6. The number of hydrogen-bond donors (Lipinski definition) is 0. The van der Waals surface area contributed by atoms with Crippen molar-refractivity contribution in [2.75, 3.05) is 17.7 Å². The first kappa shape index (κ1) is 29.3. The van der Waals surface area contributed by atoms with Crippen LogP contribution in [0.1, 0.15) is 45.1 Å². The van der Waals surface area contributed by atoms with Crippen LogP contribution in [0.5, 0.6) is 5.75 Å². The molecular formula is C29H36BIN2O3S2. The van der Waals surface area contributed by atoms with Gasteiger partial charge in [0, 0.05) is 23.8 Å². The monoisotopic (exact) mass is 662 g/mol. The summed E-state index contributed by atoms with van der Waals surface area (Å²) in [7, 11) is -3.89. The van der Waals surface area contributed by atoms with Crippen molar-refractivity contribution in [3.8, 4) is 5.75 Å². The van der Waals surface area contributed by atoms with Gasteiger partial charge in [0.1, 0.15) is 10.6 Å². The molecule has 0 fully saturated rings. The third-order valence-electron chi connectivity index (χ3n) is 7.57. The van der Waals surface area contributed by atoms with Gasteiger partial charge in [0.25, 0.3) is 0 Å². The highest BCUT2D eigenvalue weighted by Gasteiger charge is 2.50. The molecule has 5 nitrogen and oxygen atoms in total. The largest absolute Gasteiger partial charge is 0.426 e. The van der Waals surface area contributed by atoms with Crippen molar-refractivity contribution in [2.45, 2.75) is 68.0 Å². The molecule has 0 N–H and O–H groups in total. The fourth-order valence-electron chi connectivity index (χ4n) is 5.70. The van der Waals surface area contributed by atoms with Gasteiger partial charge in [-0.1, -0.05) is 87.6 Å². The maximum atomic E-state index is 14.9. The molecule has 0 bridgehead atoms. The fourth-order valence-corrected chi connectivity index (χ4v) is 8.98. The molecule has 0 amide bonds. The van der Waals surface area contributed by atoms with Crippen molar-refractivity contribution in [3.63, 3.8) is 0 Å². The van der Waals surface area contributed by atoms with Crippen molar-refractivity contribution in [1.29, 1.82) is 0 Å². The van der Waals surface area contributed by atoms with Crippen LogP contribution in [-0.2, 0) is 16.3 Å². The number of halogens is 1. The smallest absolute Gasteiger partial charge is 0.244 e. The van der Waals surface area contributed by atoms with Crippen LogP contribution in [0.15, 0.2) is 82.6 Å². The number of anilines is 2. The SMILES string of the molecule is CCCCC1(CC)CN(c2ccccc2)c2cc(SC)c(OI)cc2S(=O)(=O)N1B(C)Cc1ccccc1. The van der Waals surface area contributed by atoms with Crippen LogP contribution in [0.4, 0.5) is 11.4 Å². The van der Waals surface area contributed by atoms with Gasteiger partial charge in [0.15, 0.2) is 23.0 Å². The lowest BCUT2D eigenvalue weighted by atomic mass is 9.57. The van der Waals surface area contributed by atoms with Crippen LogP contribution in [0, 0.1) is 0 Å². The second-order valence-corrected chi connectivity index (χ2v) is 13.1. The average Bonchev–Trinajstić information content (AvgIpc) is 3.02. The molecule has 0 aromatic heterocycles. The van der Waals surface area contributed by atoms with Gasteiger partial charge in [0.2, 0.25) is 16.9 Å². The van der Waals surface area contributed by atoms with Crippen LogP contribution >= 0.6 is 34.8 Å². The minimum absolute atomic E-state index is 0.230. The van der Waals surface area contributed by atoms with Gasteiger partial charge >= 0.3 is 0 Å². The number of unbranched alkanes of at least 4 members (excludes halogenated alkanes) is 1. The lowest BCUT2D eigenvalue weighted by Crippen LogP contribution is -2.60. The molecule has 1 aliphatic heterocycles. The van der Waals surface area contributed by atoms with Crippen LogP contribution in [-0.4, -0.2) is 37.8 Å². The molecule has 1 heterocycles. The van der Waals surface area contributed by atoms with E-state index >= 15 is 0 Å². The van der Waals surface area contributed by atoms with Gasteiger partial charge in [-0.2, -0.15) is 0 Å². The number of para-hydroxylation sites is 1. The van der Waals surface area contributed by atoms with Crippen molar-refractivity contribution in [3.05, 3.63) is 78.4 Å². The Hall–Kier alpha value is -1.69. The maximum Gasteiger partial charge on any atom is 0.244 e. The highest BCUT2D eigenvalue weighted by Crippen LogP contribution is 2.48. The molecule has 202 valence electrons. The Bertz CT molecular complexity index is 1330. The van der Waals surface area contributed by atoms with Gasteiger partial charge in [-0.3, -0.25) is 0 Å². The summed E-state index contributed by atoms with van der Waals surface area (Å²) in [5, 5.41) is 0. The highest BCUT2D eigenvalue weighted by atomic mass is 127. The Kier molecular flexibility index (Phi) is 9.76. The molecule has 1 atom stereocenters. The van der Waals surface area contributed by atoms with E-state index in [1.54, 1.807) is 17.8 Å². The van der Waals surface area contributed by atoms with E-state index in [-0.39, 0.29) is 6.85 Å². The lowest BCUT2D eigenvalue weighted by molar-refractivity contribution is 0.243. The molecule has 0 radical (unpaired) electrons. The average molecular weight is 662 g/mol. The Labute approximate surface area is 247 Å². The summed E-state index contributed by atoms with van der Waals surface area (Å²) in [5.41, 5.74) is 2.25. The lowest BCUT2D eigenvalue weighted by Gasteiger charge is -2.46. The molecule has 9 heteroatoms. The summed E-state index contributed by atoms with van der Waals surface area (Å²) in [6.45, 7) is 6.72. The van der Waals surface area contributed by atoms with Crippen LogP contribution in [0.3, 0.4) is 0 Å². The number of sulfonamides is 1. The normalized spacial score (nSPS) is 19.0. The van der Waals surface area contributed by atoms with E-state index in [0.29, 0.717) is 35.6 Å².